The lowest BCUT2D eigenvalue weighted by molar-refractivity contribution is -0.116. The van der Waals surface area contributed by atoms with Crippen molar-refractivity contribution >= 4 is 17.5 Å². The zero-order valence-corrected chi connectivity index (χ0v) is 15.1. The fourth-order valence-corrected chi connectivity index (χ4v) is 2.55. The number of nitrogens with zero attached hydrogens (tertiary/aromatic N) is 4. The molecule has 1 aromatic carbocycles. The maximum atomic E-state index is 12.3. The summed E-state index contributed by atoms with van der Waals surface area (Å²) in [7, 11) is 1.55. The van der Waals surface area contributed by atoms with E-state index >= 15 is 0 Å². The second-order valence-corrected chi connectivity index (χ2v) is 5.82. The van der Waals surface area contributed by atoms with Crippen molar-refractivity contribution in [2.75, 3.05) is 12.4 Å². The lowest BCUT2D eigenvalue weighted by Gasteiger charge is -2.09. The number of anilines is 1. The van der Waals surface area contributed by atoms with Gasteiger partial charge in [0.25, 0.3) is 0 Å². The zero-order chi connectivity index (χ0) is 19.9. The highest BCUT2D eigenvalue weighted by molar-refractivity contribution is 6.00. The van der Waals surface area contributed by atoms with Gasteiger partial charge >= 0.3 is 0 Å². The normalized spacial score (nSPS) is 10.1. The van der Waals surface area contributed by atoms with Crippen LogP contribution in [0.3, 0.4) is 0 Å². The zero-order valence-electron chi connectivity index (χ0n) is 15.1. The smallest absolute Gasteiger partial charge is 0.226 e. The summed E-state index contributed by atoms with van der Waals surface area (Å²) in [5.74, 6) is 0.797. The monoisotopic (exact) mass is 375 g/mol. The number of ether oxygens (including phenoxy) is 1. The topological polar surface area (TPSA) is 110 Å². The molecule has 8 heteroatoms. The van der Waals surface area contributed by atoms with Crippen LogP contribution in [0.5, 0.6) is 5.75 Å². The van der Waals surface area contributed by atoms with Gasteiger partial charge in [-0.15, -0.1) is 0 Å². The molecule has 0 saturated carbocycles. The standard InChI is InChI=1S/C20H17N5O3/c1-28-16-7-5-14(6-8-16)17(26)9-10-19(27)24-20-15(12-21)13-23-25(20)18-4-2-3-11-22-18/h2-8,11,13H,9-10H2,1H3,(H,24,27). The van der Waals surface area contributed by atoms with E-state index in [1.54, 1.807) is 55.8 Å². The van der Waals surface area contributed by atoms with Crippen molar-refractivity contribution in [2.24, 2.45) is 0 Å². The molecular weight excluding hydrogens is 358 g/mol. The second-order valence-electron chi connectivity index (χ2n) is 5.82. The molecule has 140 valence electrons. The van der Waals surface area contributed by atoms with Gasteiger partial charge in [0.1, 0.15) is 17.4 Å². The number of carbonyl (C=O) groups excluding carboxylic acids is 2. The van der Waals surface area contributed by atoms with Crippen LogP contribution in [-0.2, 0) is 4.79 Å². The summed E-state index contributed by atoms with van der Waals surface area (Å²) in [6.45, 7) is 0. The van der Waals surface area contributed by atoms with Gasteiger partial charge in [-0.05, 0) is 36.4 Å². The summed E-state index contributed by atoms with van der Waals surface area (Å²) < 4.78 is 6.44. The van der Waals surface area contributed by atoms with Crippen molar-refractivity contribution in [3.05, 3.63) is 66.0 Å². The van der Waals surface area contributed by atoms with Gasteiger partial charge in [0, 0.05) is 24.6 Å². The van der Waals surface area contributed by atoms with Crippen LogP contribution < -0.4 is 10.1 Å². The molecule has 2 aromatic heterocycles. The summed E-state index contributed by atoms with van der Waals surface area (Å²) in [5.41, 5.74) is 0.713. The minimum absolute atomic E-state index is 0.0247. The van der Waals surface area contributed by atoms with E-state index in [0.717, 1.165) is 0 Å². The number of nitriles is 1. The van der Waals surface area contributed by atoms with Crippen LogP contribution in [0.1, 0.15) is 28.8 Å². The molecule has 3 aromatic rings. The Balaban J connectivity index is 1.67. The number of hydrogen-bond acceptors (Lipinski definition) is 6. The van der Waals surface area contributed by atoms with Gasteiger partial charge in [-0.2, -0.15) is 15.0 Å². The van der Waals surface area contributed by atoms with Gasteiger partial charge in [0.15, 0.2) is 17.4 Å². The number of amides is 1. The second kappa shape index (κ2) is 8.60. The Morgan fingerprint density at radius 1 is 1.18 bits per heavy atom. The van der Waals surface area contributed by atoms with E-state index in [0.29, 0.717) is 17.1 Å². The first kappa shape index (κ1) is 18.8. The van der Waals surface area contributed by atoms with E-state index in [9.17, 15) is 14.9 Å². The van der Waals surface area contributed by atoms with Crippen LogP contribution in [0.4, 0.5) is 5.82 Å². The summed E-state index contributed by atoms with van der Waals surface area (Å²) in [6.07, 6.45) is 2.95. The van der Waals surface area contributed by atoms with E-state index in [-0.39, 0.29) is 30.0 Å². The first-order valence-corrected chi connectivity index (χ1v) is 8.49. The first-order valence-electron chi connectivity index (χ1n) is 8.49. The summed E-state index contributed by atoms with van der Waals surface area (Å²) >= 11 is 0. The van der Waals surface area contributed by atoms with E-state index in [1.807, 2.05) is 6.07 Å². The van der Waals surface area contributed by atoms with Gasteiger partial charge in [-0.1, -0.05) is 6.07 Å². The highest BCUT2D eigenvalue weighted by atomic mass is 16.5. The molecule has 0 atom stereocenters. The number of carbonyl (C=O) groups is 2. The summed E-state index contributed by atoms with van der Waals surface area (Å²) in [5, 5.41) is 16.0. The number of hydrogen-bond donors (Lipinski definition) is 1. The molecule has 8 nitrogen and oxygen atoms in total. The lowest BCUT2D eigenvalue weighted by atomic mass is 10.1. The van der Waals surface area contributed by atoms with Crippen LogP contribution in [0, 0.1) is 11.3 Å². The lowest BCUT2D eigenvalue weighted by Crippen LogP contribution is -2.17. The average Bonchev–Trinajstić information content (AvgIpc) is 3.15. The van der Waals surface area contributed by atoms with Crippen molar-refractivity contribution < 1.29 is 14.3 Å². The molecule has 2 heterocycles. The molecule has 0 bridgehead atoms. The number of pyridine rings is 1. The molecule has 0 fully saturated rings. The minimum atomic E-state index is -0.393. The van der Waals surface area contributed by atoms with Crippen LogP contribution in [-0.4, -0.2) is 33.6 Å². The van der Waals surface area contributed by atoms with Crippen LogP contribution in [0.15, 0.2) is 54.9 Å². The van der Waals surface area contributed by atoms with Crippen LogP contribution in [0.25, 0.3) is 5.82 Å². The molecule has 0 spiro atoms. The Kier molecular flexibility index (Phi) is 5.77. The van der Waals surface area contributed by atoms with Gasteiger partial charge in [-0.3, -0.25) is 9.59 Å². The third kappa shape index (κ3) is 4.22. The molecule has 1 N–H and O–H groups in total. The molecule has 0 aliphatic heterocycles. The highest BCUT2D eigenvalue weighted by Gasteiger charge is 2.17. The largest absolute Gasteiger partial charge is 0.497 e. The van der Waals surface area contributed by atoms with E-state index in [4.69, 9.17) is 4.74 Å². The third-order valence-electron chi connectivity index (χ3n) is 4.00. The van der Waals surface area contributed by atoms with Crippen LogP contribution in [0.2, 0.25) is 0 Å². The molecule has 0 aliphatic rings. The van der Waals surface area contributed by atoms with Crippen molar-refractivity contribution in [1.82, 2.24) is 14.8 Å². The SMILES string of the molecule is COc1ccc(C(=O)CCC(=O)Nc2c(C#N)cnn2-c2ccccn2)cc1. The first-order chi connectivity index (χ1) is 13.6. The van der Waals surface area contributed by atoms with E-state index < -0.39 is 5.91 Å². The highest BCUT2D eigenvalue weighted by Crippen LogP contribution is 2.19. The number of rotatable bonds is 7. The van der Waals surface area contributed by atoms with Gasteiger partial charge < -0.3 is 10.1 Å². The van der Waals surface area contributed by atoms with Gasteiger partial charge in [-0.25, -0.2) is 4.98 Å². The van der Waals surface area contributed by atoms with Crippen LogP contribution >= 0.6 is 0 Å². The Hall–Kier alpha value is -3.99. The van der Waals surface area contributed by atoms with E-state index in [2.05, 4.69) is 15.4 Å². The number of benzene rings is 1. The summed E-state index contributed by atoms with van der Waals surface area (Å²) in [6, 6.07) is 13.9. The van der Waals surface area contributed by atoms with Gasteiger partial charge in [0.05, 0.1) is 13.3 Å². The maximum absolute atomic E-state index is 12.3. The molecule has 0 radical (unpaired) electrons. The number of nitrogens with one attached hydrogen (secondary N) is 1. The van der Waals surface area contributed by atoms with Crippen molar-refractivity contribution in [1.29, 1.82) is 5.26 Å². The minimum Gasteiger partial charge on any atom is -0.497 e. The number of aromatic nitrogens is 3. The Labute approximate surface area is 161 Å². The molecule has 0 saturated heterocycles. The molecule has 0 unspecified atom stereocenters. The predicted molar refractivity (Wildman–Crippen MR) is 101 cm³/mol. The number of methoxy groups -OCH3 is 1. The van der Waals surface area contributed by atoms with Crippen molar-refractivity contribution in [3.8, 4) is 17.6 Å². The fourth-order valence-electron chi connectivity index (χ4n) is 2.55. The number of Topliss-reactive ketones (excluding diaryl/α,β-unsaturated/α-hetero) is 1. The molecular formula is C20H17N5O3. The Bertz CT molecular complexity index is 1020. The quantitative estimate of drug-likeness (QED) is 0.636. The van der Waals surface area contributed by atoms with Gasteiger partial charge in [0.2, 0.25) is 5.91 Å². The summed E-state index contributed by atoms with van der Waals surface area (Å²) in [4.78, 5) is 28.8. The molecule has 28 heavy (non-hydrogen) atoms. The van der Waals surface area contributed by atoms with E-state index in [1.165, 1.54) is 10.9 Å². The fraction of sp³-hybridized carbons (Fsp3) is 0.150. The predicted octanol–water partition coefficient (Wildman–Crippen LogP) is 2.75. The molecule has 0 aliphatic carbocycles. The molecule has 3 rings (SSSR count). The Morgan fingerprint density at radius 3 is 2.61 bits per heavy atom. The number of ketones is 1. The van der Waals surface area contributed by atoms with Crippen molar-refractivity contribution in [2.45, 2.75) is 12.8 Å². The average molecular weight is 375 g/mol. The third-order valence-corrected chi connectivity index (χ3v) is 4.00. The molecule has 1 amide bonds. The maximum Gasteiger partial charge on any atom is 0.226 e. The van der Waals surface area contributed by atoms with Crippen molar-refractivity contribution in [3.63, 3.8) is 0 Å². The Morgan fingerprint density at radius 2 is 1.96 bits per heavy atom.